The summed E-state index contributed by atoms with van der Waals surface area (Å²) in [5.41, 5.74) is 0. The molecule has 0 radical (unpaired) electrons. The van der Waals surface area contributed by atoms with E-state index >= 15 is 0 Å². The van der Waals surface area contributed by atoms with Gasteiger partial charge < -0.3 is 4.74 Å². The number of nitrogens with zero attached hydrogens (tertiary/aromatic N) is 1. The molecular weight excluding hydrogens is 198 g/mol. The van der Waals surface area contributed by atoms with Gasteiger partial charge in [0.05, 0.1) is 12.6 Å². The quantitative estimate of drug-likeness (QED) is 0.638. The van der Waals surface area contributed by atoms with Crippen LogP contribution >= 0.6 is 0 Å². The van der Waals surface area contributed by atoms with E-state index in [1.165, 1.54) is 0 Å². The van der Waals surface area contributed by atoms with Crippen molar-refractivity contribution in [1.82, 2.24) is 4.90 Å². The van der Waals surface area contributed by atoms with Crippen molar-refractivity contribution in [2.75, 3.05) is 26.2 Å². The summed E-state index contributed by atoms with van der Waals surface area (Å²) in [5, 5.41) is 0. The van der Waals surface area contributed by atoms with Gasteiger partial charge in [0.1, 0.15) is 0 Å². The summed E-state index contributed by atoms with van der Waals surface area (Å²) in [6.45, 7) is 15.9. The Kier molecular flexibility index (Phi) is 16.2. The van der Waals surface area contributed by atoms with Crippen LogP contribution < -0.4 is 0 Å². The molecular formula is C14H29NO. The lowest BCUT2D eigenvalue weighted by Crippen LogP contribution is -2.30. The molecule has 0 bridgehead atoms. The summed E-state index contributed by atoms with van der Waals surface area (Å²) in [5.74, 6) is 6.00. The Bertz CT molecular complexity index is 181. The Morgan fingerprint density at radius 1 is 1.25 bits per heavy atom. The fraction of sp³-hybridized carbons (Fsp3) is 0.857. The predicted molar refractivity (Wildman–Crippen MR) is 72.6 cm³/mol. The molecule has 0 aromatic carbocycles. The van der Waals surface area contributed by atoms with E-state index in [1.54, 1.807) is 0 Å². The van der Waals surface area contributed by atoms with Crippen LogP contribution in [0.3, 0.4) is 0 Å². The van der Waals surface area contributed by atoms with E-state index in [9.17, 15) is 0 Å². The summed E-state index contributed by atoms with van der Waals surface area (Å²) < 4.78 is 5.52. The van der Waals surface area contributed by atoms with Gasteiger partial charge in [0.2, 0.25) is 0 Å². The van der Waals surface area contributed by atoms with Crippen LogP contribution in [0.5, 0.6) is 0 Å². The van der Waals surface area contributed by atoms with Crippen molar-refractivity contribution in [3.8, 4) is 11.8 Å². The van der Waals surface area contributed by atoms with Gasteiger partial charge in [-0.25, -0.2) is 0 Å². The molecule has 96 valence electrons. The molecule has 0 saturated carbocycles. The highest BCUT2D eigenvalue weighted by atomic mass is 16.5. The van der Waals surface area contributed by atoms with Crippen LogP contribution in [0.4, 0.5) is 0 Å². The summed E-state index contributed by atoms with van der Waals surface area (Å²) in [7, 11) is 0. The van der Waals surface area contributed by atoms with Crippen LogP contribution in [0.1, 0.15) is 48.0 Å². The van der Waals surface area contributed by atoms with Crippen LogP contribution in [-0.4, -0.2) is 37.2 Å². The first kappa shape index (κ1) is 17.9. The Morgan fingerprint density at radius 3 is 2.44 bits per heavy atom. The van der Waals surface area contributed by atoms with Crippen LogP contribution in [-0.2, 0) is 4.74 Å². The van der Waals surface area contributed by atoms with E-state index in [-0.39, 0.29) is 0 Å². The van der Waals surface area contributed by atoms with E-state index in [1.807, 2.05) is 34.6 Å². The summed E-state index contributed by atoms with van der Waals surface area (Å²) in [6, 6.07) is 0. The number of hydrogen-bond donors (Lipinski definition) is 0. The van der Waals surface area contributed by atoms with Gasteiger partial charge in [0.15, 0.2) is 0 Å². The lowest BCUT2D eigenvalue weighted by Gasteiger charge is -2.18. The third-order valence-corrected chi connectivity index (χ3v) is 2.02. The van der Waals surface area contributed by atoms with E-state index in [0.717, 1.165) is 32.7 Å². The molecule has 0 spiro atoms. The first-order valence-electron chi connectivity index (χ1n) is 6.56. The van der Waals surface area contributed by atoms with E-state index in [4.69, 9.17) is 4.74 Å². The maximum absolute atomic E-state index is 5.52. The van der Waals surface area contributed by atoms with Crippen molar-refractivity contribution in [2.45, 2.75) is 54.1 Å². The topological polar surface area (TPSA) is 12.5 Å². The zero-order chi connectivity index (χ0) is 12.8. The Balaban J connectivity index is 0. The molecule has 2 nitrogen and oxygen atoms in total. The van der Waals surface area contributed by atoms with Gasteiger partial charge in [-0.15, -0.1) is 5.92 Å². The molecule has 0 amide bonds. The minimum absolute atomic E-state index is 0.367. The van der Waals surface area contributed by atoms with Crippen molar-refractivity contribution < 1.29 is 4.74 Å². The third-order valence-electron chi connectivity index (χ3n) is 2.02. The first-order chi connectivity index (χ1) is 7.83. The number of hydrogen-bond acceptors (Lipinski definition) is 2. The molecule has 1 atom stereocenters. The standard InChI is InChI=1S/C10H17NO.2C2H6/c1-3-4-6-11-7-5-8-12-10(2)9-11;2*1-2/h10H,5-9H2,1-2H3;2*1-2H3. The minimum Gasteiger partial charge on any atom is -0.377 e. The molecule has 0 aliphatic carbocycles. The molecule has 1 aliphatic rings. The fourth-order valence-corrected chi connectivity index (χ4v) is 1.41. The van der Waals surface area contributed by atoms with Gasteiger partial charge in [-0.2, -0.15) is 0 Å². The first-order valence-corrected chi connectivity index (χ1v) is 6.56. The second-order valence-electron chi connectivity index (χ2n) is 3.20. The molecule has 1 heterocycles. The van der Waals surface area contributed by atoms with Crippen molar-refractivity contribution in [2.24, 2.45) is 0 Å². The average molecular weight is 227 g/mol. The van der Waals surface area contributed by atoms with Gasteiger partial charge in [0.25, 0.3) is 0 Å². The SMILES string of the molecule is CC.CC.CC#CCN1CCCOC(C)C1. The van der Waals surface area contributed by atoms with Crippen molar-refractivity contribution in [3.63, 3.8) is 0 Å². The summed E-state index contributed by atoms with van der Waals surface area (Å²) in [6.07, 6.45) is 1.50. The van der Waals surface area contributed by atoms with E-state index in [0.29, 0.717) is 6.10 Å². The average Bonchev–Trinajstić information content (AvgIpc) is 2.56. The molecule has 1 saturated heterocycles. The highest BCUT2D eigenvalue weighted by Gasteiger charge is 2.13. The molecule has 1 fully saturated rings. The molecule has 0 aromatic heterocycles. The highest BCUT2D eigenvalue weighted by Crippen LogP contribution is 2.03. The molecule has 1 unspecified atom stereocenters. The second kappa shape index (κ2) is 14.5. The Morgan fingerprint density at radius 2 is 1.88 bits per heavy atom. The molecule has 16 heavy (non-hydrogen) atoms. The monoisotopic (exact) mass is 227 g/mol. The second-order valence-corrected chi connectivity index (χ2v) is 3.20. The number of rotatable bonds is 1. The highest BCUT2D eigenvalue weighted by molar-refractivity contribution is 4.98. The van der Waals surface area contributed by atoms with Gasteiger partial charge in [-0.1, -0.05) is 33.6 Å². The Labute approximate surface area is 102 Å². The summed E-state index contributed by atoms with van der Waals surface area (Å²) >= 11 is 0. The van der Waals surface area contributed by atoms with Crippen LogP contribution in [0.15, 0.2) is 0 Å². The van der Waals surface area contributed by atoms with Crippen LogP contribution in [0.25, 0.3) is 0 Å². The summed E-state index contributed by atoms with van der Waals surface area (Å²) in [4.78, 5) is 2.36. The van der Waals surface area contributed by atoms with Crippen molar-refractivity contribution in [3.05, 3.63) is 0 Å². The number of ether oxygens (including phenoxy) is 1. The normalized spacial score (nSPS) is 20.0. The zero-order valence-electron chi connectivity index (χ0n) is 12.0. The molecule has 2 heteroatoms. The Hall–Kier alpha value is -0.520. The smallest absolute Gasteiger partial charge is 0.0674 e. The van der Waals surface area contributed by atoms with Crippen molar-refractivity contribution in [1.29, 1.82) is 0 Å². The van der Waals surface area contributed by atoms with Gasteiger partial charge >= 0.3 is 0 Å². The van der Waals surface area contributed by atoms with Crippen LogP contribution in [0.2, 0.25) is 0 Å². The van der Waals surface area contributed by atoms with E-state index in [2.05, 4.69) is 23.7 Å². The third kappa shape index (κ3) is 10.0. The van der Waals surface area contributed by atoms with E-state index < -0.39 is 0 Å². The lowest BCUT2D eigenvalue weighted by atomic mass is 10.3. The van der Waals surface area contributed by atoms with Gasteiger partial charge in [-0.3, -0.25) is 4.90 Å². The molecule has 1 rings (SSSR count). The fourth-order valence-electron chi connectivity index (χ4n) is 1.41. The molecule has 0 aromatic rings. The molecule has 1 aliphatic heterocycles. The predicted octanol–water partition coefficient (Wildman–Crippen LogP) is 3.17. The maximum Gasteiger partial charge on any atom is 0.0674 e. The zero-order valence-corrected chi connectivity index (χ0v) is 12.0. The van der Waals surface area contributed by atoms with Crippen LogP contribution in [0, 0.1) is 11.8 Å². The van der Waals surface area contributed by atoms with Gasteiger partial charge in [0, 0.05) is 19.7 Å². The van der Waals surface area contributed by atoms with Gasteiger partial charge in [-0.05, 0) is 20.3 Å². The maximum atomic E-state index is 5.52. The minimum atomic E-state index is 0.367. The van der Waals surface area contributed by atoms with Crippen molar-refractivity contribution >= 4 is 0 Å². The lowest BCUT2D eigenvalue weighted by molar-refractivity contribution is 0.0695. The molecule has 0 N–H and O–H groups in total. The largest absolute Gasteiger partial charge is 0.377 e.